The van der Waals surface area contributed by atoms with Crippen LogP contribution in [0.1, 0.15) is 27.0 Å². The lowest BCUT2D eigenvalue weighted by Gasteiger charge is -2.04. The molecule has 0 saturated carbocycles. The number of thiophene rings is 1. The number of halogens is 1. The Labute approximate surface area is 125 Å². The third-order valence-electron chi connectivity index (χ3n) is 2.69. The molecule has 0 aliphatic carbocycles. The summed E-state index contributed by atoms with van der Waals surface area (Å²) in [5.41, 5.74) is 5.36. The zero-order chi connectivity index (χ0) is 14.7. The molecule has 0 fully saturated rings. The Balaban J connectivity index is 2.13. The van der Waals surface area contributed by atoms with Gasteiger partial charge >= 0.3 is 0 Å². The third-order valence-corrected chi connectivity index (χ3v) is 4.27. The number of nitrogens with zero attached hydrogens (tertiary/aromatic N) is 1. The van der Waals surface area contributed by atoms with E-state index in [-0.39, 0.29) is 4.88 Å². The van der Waals surface area contributed by atoms with Gasteiger partial charge in [-0.15, -0.1) is 11.3 Å². The van der Waals surface area contributed by atoms with Crippen molar-refractivity contribution in [2.45, 2.75) is 13.8 Å². The van der Waals surface area contributed by atoms with E-state index in [2.05, 4.69) is 10.5 Å². The molecule has 1 aromatic carbocycles. The highest BCUT2D eigenvalue weighted by molar-refractivity contribution is 7.15. The number of nitrogens with one attached hydrogen (secondary N) is 1. The topological polar surface area (TPSA) is 64.5 Å². The number of hydrogen-bond acceptors (Lipinski definition) is 5. The second-order valence-electron chi connectivity index (χ2n) is 4.22. The maximum atomic E-state index is 10.7. The molecule has 1 heterocycles. The molecule has 104 valence electrons. The van der Waals surface area contributed by atoms with Gasteiger partial charge in [0, 0.05) is 5.02 Å². The van der Waals surface area contributed by atoms with Gasteiger partial charge in [-0.25, -0.2) is 0 Å². The standard InChI is InChI=1S/C14H13ClN2O2S/c1-8-3-4-10(7-11(8)15)17-16-9(2)12-5-6-13(20-12)14(18)19/h3-7,17H,1-2H3,(H,18,19)/p-1/b16-9-. The van der Waals surface area contributed by atoms with Crippen LogP contribution in [0.5, 0.6) is 0 Å². The van der Waals surface area contributed by atoms with Crippen molar-refractivity contribution in [2.24, 2.45) is 5.10 Å². The summed E-state index contributed by atoms with van der Waals surface area (Å²) >= 11 is 7.16. The predicted molar refractivity (Wildman–Crippen MR) is 80.7 cm³/mol. The fourth-order valence-electron chi connectivity index (χ4n) is 1.51. The van der Waals surface area contributed by atoms with E-state index in [0.717, 1.165) is 27.5 Å². The van der Waals surface area contributed by atoms with E-state index in [4.69, 9.17) is 11.6 Å². The van der Waals surface area contributed by atoms with E-state index in [1.807, 2.05) is 19.1 Å². The van der Waals surface area contributed by atoms with E-state index in [1.54, 1.807) is 19.1 Å². The minimum Gasteiger partial charge on any atom is -0.544 e. The Morgan fingerprint density at radius 2 is 2.00 bits per heavy atom. The van der Waals surface area contributed by atoms with Crippen molar-refractivity contribution in [3.63, 3.8) is 0 Å². The SMILES string of the molecule is C/C(=N/Nc1ccc(C)c(Cl)c1)c1ccc(C(=O)[O-])s1. The third kappa shape index (κ3) is 3.37. The first-order valence-electron chi connectivity index (χ1n) is 5.85. The van der Waals surface area contributed by atoms with Crippen LogP contribution in [0.2, 0.25) is 5.02 Å². The zero-order valence-corrected chi connectivity index (χ0v) is 12.5. The van der Waals surface area contributed by atoms with E-state index in [0.29, 0.717) is 10.7 Å². The molecule has 6 heteroatoms. The number of aryl methyl sites for hydroxylation is 1. The number of hydrazone groups is 1. The van der Waals surface area contributed by atoms with Crippen LogP contribution < -0.4 is 10.5 Å². The molecule has 0 radical (unpaired) electrons. The Bertz CT molecular complexity index is 680. The summed E-state index contributed by atoms with van der Waals surface area (Å²) in [5, 5.41) is 15.6. The molecule has 0 aliphatic rings. The normalized spacial score (nSPS) is 11.4. The number of anilines is 1. The monoisotopic (exact) mass is 307 g/mol. The second-order valence-corrected chi connectivity index (χ2v) is 5.72. The average Bonchev–Trinajstić information content (AvgIpc) is 2.89. The maximum absolute atomic E-state index is 10.7. The van der Waals surface area contributed by atoms with Gasteiger partial charge < -0.3 is 9.90 Å². The van der Waals surface area contributed by atoms with Crippen LogP contribution in [-0.4, -0.2) is 11.7 Å². The molecule has 1 aromatic heterocycles. The molecular formula is C14H12ClN2O2S-. The molecule has 0 saturated heterocycles. The van der Waals surface area contributed by atoms with Crippen LogP contribution in [0.25, 0.3) is 0 Å². The van der Waals surface area contributed by atoms with Gasteiger partial charge in [0.2, 0.25) is 0 Å². The number of rotatable bonds is 4. The summed E-state index contributed by atoms with van der Waals surface area (Å²) in [6, 6.07) is 8.78. The first kappa shape index (κ1) is 14.6. The summed E-state index contributed by atoms with van der Waals surface area (Å²) in [7, 11) is 0. The highest BCUT2D eigenvalue weighted by Gasteiger charge is 2.04. The Morgan fingerprint density at radius 1 is 1.30 bits per heavy atom. The van der Waals surface area contributed by atoms with Gasteiger partial charge in [0.25, 0.3) is 0 Å². The lowest BCUT2D eigenvalue weighted by Crippen LogP contribution is -2.20. The lowest BCUT2D eigenvalue weighted by atomic mass is 10.2. The van der Waals surface area contributed by atoms with Crippen molar-refractivity contribution < 1.29 is 9.90 Å². The molecule has 0 spiro atoms. The van der Waals surface area contributed by atoms with Crippen LogP contribution >= 0.6 is 22.9 Å². The number of hydrogen-bond donors (Lipinski definition) is 1. The first-order valence-corrected chi connectivity index (χ1v) is 7.05. The fourth-order valence-corrected chi connectivity index (χ4v) is 2.47. The van der Waals surface area contributed by atoms with E-state index < -0.39 is 5.97 Å². The minimum absolute atomic E-state index is 0.188. The number of benzene rings is 1. The molecule has 2 rings (SSSR count). The van der Waals surface area contributed by atoms with Gasteiger partial charge in [-0.05, 0) is 43.7 Å². The van der Waals surface area contributed by atoms with Crippen LogP contribution in [0.4, 0.5) is 5.69 Å². The molecule has 0 aliphatic heterocycles. The molecule has 0 bridgehead atoms. The van der Waals surface area contributed by atoms with Crippen molar-refractivity contribution in [1.82, 2.24) is 0 Å². The average molecular weight is 308 g/mol. The number of aromatic carboxylic acids is 1. The summed E-state index contributed by atoms with van der Waals surface area (Å²) in [6.07, 6.45) is 0. The Morgan fingerprint density at radius 3 is 2.60 bits per heavy atom. The van der Waals surface area contributed by atoms with E-state index >= 15 is 0 Å². The van der Waals surface area contributed by atoms with Crippen LogP contribution in [0, 0.1) is 6.92 Å². The number of carboxylic acids is 1. The van der Waals surface area contributed by atoms with Crippen molar-refractivity contribution in [1.29, 1.82) is 0 Å². The molecule has 0 amide bonds. The predicted octanol–water partition coefficient (Wildman–Crippen LogP) is 2.91. The quantitative estimate of drug-likeness (QED) is 0.697. The Kier molecular flexibility index (Phi) is 4.42. The smallest absolute Gasteiger partial charge is 0.0815 e. The zero-order valence-electron chi connectivity index (χ0n) is 10.9. The van der Waals surface area contributed by atoms with Crippen molar-refractivity contribution >= 4 is 40.3 Å². The summed E-state index contributed by atoms with van der Waals surface area (Å²) < 4.78 is 0. The fraction of sp³-hybridized carbons (Fsp3) is 0.143. The molecule has 2 aromatic rings. The van der Waals surface area contributed by atoms with E-state index in [1.165, 1.54) is 6.07 Å². The van der Waals surface area contributed by atoms with Gasteiger partial charge in [0.15, 0.2) is 0 Å². The van der Waals surface area contributed by atoms with Crippen LogP contribution in [0.3, 0.4) is 0 Å². The summed E-state index contributed by atoms with van der Waals surface area (Å²) in [6.45, 7) is 3.72. The molecular weight excluding hydrogens is 296 g/mol. The van der Waals surface area contributed by atoms with Gasteiger partial charge in [-0.1, -0.05) is 17.7 Å². The second kappa shape index (κ2) is 6.07. The summed E-state index contributed by atoms with van der Waals surface area (Å²) in [4.78, 5) is 11.7. The van der Waals surface area contributed by atoms with Crippen LogP contribution in [-0.2, 0) is 0 Å². The summed E-state index contributed by atoms with van der Waals surface area (Å²) in [5.74, 6) is -1.17. The van der Waals surface area contributed by atoms with Crippen molar-refractivity contribution in [3.8, 4) is 0 Å². The number of carboxylic acid groups (broad SMARTS) is 1. The van der Waals surface area contributed by atoms with E-state index in [9.17, 15) is 9.90 Å². The highest BCUT2D eigenvalue weighted by Crippen LogP contribution is 2.21. The van der Waals surface area contributed by atoms with Gasteiger partial charge in [0.1, 0.15) is 0 Å². The Hall–Kier alpha value is -1.85. The first-order chi connectivity index (χ1) is 9.47. The minimum atomic E-state index is -1.17. The molecule has 4 nitrogen and oxygen atoms in total. The number of carbonyl (C=O) groups excluding carboxylic acids is 1. The van der Waals surface area contributed by atoms with Crippen molar-refractivity contribution in [2.75, 3.05) is 5.43 Å². The maximum Gasteiger partial charge on any atom is 0.0815 e. The van der Waals surface area contributed by atoms with Crippen molar-refractivity contribution in [3.05, 3.63) is 50.7 Å². The largest absolute Gasteiger partial charge is 0.544 e. The molecule has 20 heavy (non-hydrogen) atoms. The number of carbonyl (C=O) groups is 1. The molecule has 0 atom stereocenters. The molecule has 1 N–H and O–H groups in total. The molecule has 0 unspecified atom stereocenters. The van der Waals surface area contributed by atoms with Gasteiger partial charge in [0.05, 0.1) is 27.1 Å². The van der Waals surface area contributed by atoms with Crippen LogP contribution in [0.15, 0.2) is 35.4 Å². The highest BCUT2D eigenvalue weighted by atomic mass is 35.5. The lowest BCUT2D eigenvalue weighted by molar-refractivity contribution is -0.254. The van der Waals surface area contributed by atoms with Gasteiger partial charge in [-0.2, -0.15) is 5.10 Å². The van der Waals surface area contributed by atoms with Gasteiger partial charge in [-0.3, -0.25) is 5.43 Å².